The molecular weight excluding hydrogens is 1160 g/mol. The minimum absolute atomic E-state index is 0.00901. The van der Waals surface area contributed by atoms with Crippen LogP contribution in [0, 0.1) is 12.3 Å². The van der Waals surface area contributed by atoms with E-state index in [1.54, 1.807) is 56.6 Å². The van der Waals surface area contributed by atoms with E-state index in [1.165, 1.54) is 11.1 Å². The smallest absolute Gasteiger partial charge is 0.246 e. The number of carbonyl (C=O) groups is 4. The summed E-state index contributed by atoms with van der Waals surface area (Å²) in [7, 11) is -1.98. The molecule has 8 rings (SSSR count). The first-order valence-corrected chi connectivity index (χ1v) is 32.1. The number of halogens is 1. The highest BCUT2D eigenvalue weighted by Gasteiger charge is 2.44. The molecule has 0 aliphatic carbocycles. The van der Waals surface area contributed by atoms with Crippen LogP contribution in [0.15, 0.2) is 83.3 Å². The number of anilines is 5. The highest BCUT2D eigenvalue weighted by atomic mass is 35.5. The van der Waals surface area contributed by atoms with Crippen LogP contribution in [0.5, 0.6) is 5.75 Å². The maximum atomic E-state index is 14.0. The van der Waals surface area contributed by atoms with Crippen LogP contribution >= 0.6 is 22.9 Å². The van der Waals surface area contributed by atoms with Crippen molar-refractivity contribution >= 4 is 85.2 Å². The van der Waals surface area contributed by atoms with Crippen molar-refractivity contribution in [1.82, 2.24) is 40.3 Å². The normalized spacial score (nSPS) is 17.4. The zero-order valence-corrected chi connectivity index (χ0v) is 52.6. The molecule has 2 aromatic heterocycles. The fourth-order valence-electron chi connectivity index (χ4n) is 10.7. The molecule has 3 aromatic carbocycles. The standard InChI is InChI=1S/C61H82ClN11O11S2/c1-40(2)86(79,80)52-11-9-8-10-49(52)66-57-47(62)37-64-60(69-57)67-48-17-16-45(34-51(48)81-7)70-22-18-44(19-23-70)71-24-26-72(27-25-71)54(76)21-29-83-31-33-84-32-30-82-28-20-53(75)68-56(61(4,5)6)59(78)73-38-46(74)35-50(73)58(77)63-36-42-12-14-43(15-13-42)55-41(3)65-39-85-55/h8-17,34,37,39-40,44,46,50,56,74H,18-33,35-36,38H2,1-7H3,(H,63,77)(H,68,75)(H2,64,66,67,69)/t46-,50+,56?/m1/s1. The molecule has 4 amide bonds. The molecule has 3 aliphatic heterocycles. The quantitative estimate of drug-likeness (QED) is 0.0332. The summed E-state index contributed by atoms with van der Waals surface area (Å²) in [4.78, 5) is 76.3. The number of aromatic nitrogens is 3. The molecule has 22 nitrogen and oxygen atoms in total. The molecule has 3 aliphatic rings. The second-order valence-corrected chi connectivity index (χ2v) is 26.8. The molecule has 0 spiro atoms. The molecule has 86 heavy (non-hydrogen) atoms. The second-order valence-electron chi connectivity index (χ2n) is 23.0. The molecule has 3 atom stereocenters. The first kappa shape index (κ1) is 65.5. The van der Waals surface area contributed by atoms with Gasteiger partial charge in [-0.3, -0.25) is 24.1 Å². The van der Waals surface area contributed by atoms with Crippen LogP contribution in [0.3, 0.4) is 0 Å². The third-order valence-corrected chi connectivity index (χ3v) is 19.1. The average Bonchev–Trinajstić information content (AvgIpc) is 2.19. The van der Waals surface area contributed by atoms with Gasteiger partial charge in [-0.2, -0.15) is 4.98 Å². The van der Waals surface area contributed by atoms with E-state index in [9.17, 15) is 32.7 Å². The van der Waals surface area contributed by atoms with E-state index in [0.717, 1.165) is 66.4 Å². The van der Waals surface area contributed by atoms with E-state index in [4.69, 9.17) is 30.5 Å². The number of thiazole rings is 1. The summed E-state index contributed by atoms with van der Waals surface area (Å²) in [5.74, 6) is -0.0149. The van der Waals surface area contributed by atoms with Gasteiger partial charge in [0.25, 0.3) is 0 Å². The number of ether oxygens (including phenoxy) is 4. The number of carbonyl (C=O) groups excluding carboxylic acids is 4. The van der Waals surface area contributed by atoms with Crippen LogP contribution in [0.25, 0.3) is 10.4 Å². The van der Waals surface area contributed by atoms with Crippen LogP contribution in [-0.4, -0.2) is 189 Å². The zero-order valence-electron chi connectivity index (χ0n) is 50.2. The van der Waals surface area contributed by atoms with Crippen LogP contribution < -0.4 is 30.9 Å². The molecule has 0 bridgehead atoms. The molecular formula is C61H82ClN11O11S2. The maximum absolute atomic E-state index is 14.0. The largest absolute Gasteiger partial charge is 0.494 e. The van der Waals surface area contributed by atoms with Crippen LogP contribution in [0.2, 0.25) is 5.02 Å². The number of β-amino-alcohol motifs (C(OH)–C–C–N with tert-alkyl or cyclic N) is 1. The number of aryl methyl sites for hydroxylation is 1. The number of nitrogens with one attached hydrogen (secondary N) is 4. The first-order chi connectivity index (χ1) is 41.2. The highest BCUT2D eigenvalue weighted by Crippen LogP contribution is 2.36. The van der Waals surface area contributed by atoms with Crippen molar-refractivity contribution in [2.45, 2.75) is 115 Å². The number of sulfone groups is 1. The lowest BCUT2D eigenvalue weighted by Gasteiger charge is -2.43. The molecule has 466 valence electrons. The fraction of sp³-hybridized carbons (Fsp3) is 0.525. The van der Waals surface area contributed by atoms with Gasteiger partial charge in [0.2, 0.25) is 29.6 Å². The van der Waals surface area contributed by atoms with Gasteiger partial charge in [-0.05, 0) is 74.4 Å². The Morgan fingerprint density at radius 3 is 2.16 bits per heavy atom. The summed E-state index contributed by atoms with van der Waals surface area (Å²) in [6.07, 6.45) is 2.93. The Morgan fingerprint density at radius 2 is 1.51 bits per heavy atom. The van der Waals surface area contributed by atoms with Crippen molar-refractivity contribution in [3.05, 3.63) is 94.7 Å². The number of hydrogen-bond donors (Lipinski definition) is 5. The van der Waals surface area contributed by atoms with Gasteiger partial charge in [-0.25, -0.2) is 18.4 Å². The lowest BCUT2D eigenvalue weighted by Crippen LogP contribution is -2.57. The average molecular weight is 1240 g/mol. The van der Waals surface area contributed by atoms with Crippen molar-refractivity contribution in [3.8, 4) is 16.2 Å². The van der Waals surface area contributed by atoms with Gasteiger partial charge < -0.3 is 60.0 Å². The number of rotatable bonds is 27. The van der Waals surface area contributed by atoms with Crippen molar-refractivity contribution < 1.29 is 51.6 Å². The molecule has 1 unspecified atom stereocenters. The van der Waals surface area contributed by atoms with E-state index in [2.05, 4.69) is 46.0 Å². The number of hydrogen-bond acceptors (Lipinski definition) is 19. The number of methoxy groups -OCH3 is 1. The number of para-hydroxylation sites is 1. The number of likely N-dealkylation sites (tertiary alicyclic amines) is 1. The van der Waals surface area contributed by atoms with Gasteiger partial charge in [0.15, 0.2) is 15.7 Å². The molecule has 5 N–H and O–H groups in total. The minimum Gasteiger partial charge on any atom is -0.494 e. The fourth-order valence-corrected chi connectivity index (χ4v) is 12.8. The topological polar surface area (TPSA) is 259 Å². The Morgan fingerprint density at radius 1 is 0.837 bits per heavy atom. The van der Waals surface area contributed by atoms with Gasteiger partial charge in [-0.15, -0.1) is 11.3 Å². The number of amides is 4. The van der Waals surface area contributed by atoms with E-state index in [-0.39, 0.29) is 91.6 Å². The highest BCUT2D eigenvalue weighted by molar-refractivity contribution is 7.92. The summed E-state index contributed by atoms with van der Waals surface area (Å²) < 4.78 is 48.9. The summed E-state index contributed by atoms with van der Waals surface area (Å²) in [6.45, 7) is 17.3. The minimum atomic E-state index is -3.58. The molecule has 3 saturated heterocycles. The van der Waals surface area contributed by atoms with E-state index < -0.39 is 44.6 Å². The molecule has 0 radical (unpaired) electrons. The van der Waals surface area contributed by atoms with Gasteiger partial charge in [-0.1, -0.05) is 68.8 Å². The number of piperazine rings is 1. The maximum Gasteiger partial charge on any atom is 0.246 e. The first-order valence-electron chi connectivity index (χ1n) is 29.3. The molecule has 3 fully saturated rings. The van der Waals surface area contributed by atoms with Gasteiger partial charge >= 0.3 is 0 Å². The lowest BCUT2D eigenvalue weighted by molar-refractivity contribution is -0.144. The van der Waals surface area contributed by atoms with E-state index in [0.29, 0.717) is 56.1 Å². The number of aliphatic hydroxyl groups excluding tert-OH is 1. The Kier molecular flexibility index (Phi) is 23.1. The Balaban J connectivity index is 0.666. The van der Waals surface area contributed by atoms with Crippen molar-refractivity contribution in [2.75, 3.05) is 108 Å². The third-order valence-electron chi connectivity index (χ3n) is 15.6. The summed E-state index contributed by atoms with van der Waals surface area (Å²) >= 11 is 8.05. The predicted octanol–water partition coefficient (Wildman–Crippen LogP) is 6.99. The van der Waals surface area contributed by atoms with Crippen LogP contribution in [0.4, 0.5) is 28.8 Å². The monoisotopic (exact) mass is 1240 g/mol. The lowest BCUT2D eigenvalue weighted by atomic mass is 9.85. The van der Waals surface area contributed by atoms with E-state index >= 15 is 0 Å². The third kappa shape index (κ3) is 17.4. The summed E-state index contributed by atoms with van der Waals surface area (Å²) in [5, 5.41) is 22.3. The van der Waals surface area contributed by atoms with Gasteiger partial charge in [0.05, 0.1) is 103 Å². The van der Waals surface area contributed by atoms with Crippen molar-refractivity contribution in [3.63, 3.8) is 0 Å². The zero-order chi connectivity index (χ0) is 61.5. The van der Waals surface area contributed by atoms with Crippen molar-refractivity contribution in [2.24, 2.45) is 5.41 Å². The number of piperidine rings is 1. The SMILES string of the molecule is COc1cc(N2CCC(N3CCN(C(=O)CCOCCOCCOCCC(=O)NC(C(=O)N4C[C@H](O)C[C@H]4C(=O)NCc4ccc(-c5scnc5C)cc4)C(C)(C)C)CC3)CC2)ccc1Nc1ncc(Cl)c(Nc2ccccc2S(=O)(=O)C(C)C)n1. The number of aliphatic hydroxyl groups is 1. The van der Waals surface area contributed by atoms with Gasteiger partial charge in [0, 0.05) is 83.0 Å². The number of benzene rings is 3. The Hall–Kier alpha value is -6.51. The Labute approximate surface area is 513 Å². The van der Waals surface area contributed by atoms with Crippen LogP contribution in [-0.2, 0) is 49.8 Å². The molecule has 0 saturated carbocycles. The molecule has 25 heteroatoms. The van der Waals surface area contributed by atoms with E-state index in [1.807, 2.05) is 80.6 Å². The summed E-state index contributed by atoms with van der Waals surface area (Å²) in [5.41, 5.74) is 6.05. The molecule has 5 heterocycles. The number of nitrogens with zero attached hydrogens (tertiary/aromatic N) is 7. The second kappa shape index (κ2) is 30.4. The Bertz CT molecular complexity index is 3200. The molecule has 5 aromatic rings. The predicted molar refractivity (Wildman–Crippen MR) is 332 cm³/mol. The van der Waals surface area contributed by atoms with Crippen LogP contribution in [0.1, 0.15) is 78.0 Å². The van der Waals surface area contributed by atoms with Gasteiger partial charge in [0.1, 0.15) is 22.9 Å². The van der Waals surface area contributed by atoms with Crippen molar-refractivity contribution in [1.29, 1.82) is 0 Å². The summed E-state index contributed by atoms with van der Waals surface area (Å²) in [6, 6.07) is 19.0.